The number of hydrogen-bond acceptors (Lipinski definition) is 4. The molecular formula is C18H16N2O5. The van der Waals surface area contributed by atoms with E-state index in [4.69, 9.17) is 9.52 Å². The number of aromatic carboxylic acids is 1. The first-order valence-corrected chi connectivity index (χ1v) is 7.59. The lowest BCUT2D eigenvalue weighted by Crippen LogP contribution is -2.25. The Morgan fingerprint density at radius 2 is 1.84 bits per heavy atom. The van der Waals surface area contributed by atoms with E-state index in [0.29, 0.717) is 5.69 Å². The number of para-hydroxylation sites is 1. The number of rotatable bonds is 4. The highest BCUT2D eigenvalue weighted by molar-refractivity contribution is 5.94. The van der Waals surface area contributed by atoms with Crippen molar-refractivity contribution in [3.8, 4) is 0 Å². The molecule has 1 heterocycles. The second-order valence-electron chi connectivity index (χ2n) is 5.76. The minimum Gasteiger partial charge on any atom is -0.478 e. The predicted molar refractivity (Wildman–Crippen MR) is 92.0 cm³/mol. The van der Waals surface area contributed by atoms with Crippen molar-refractivity contribution in [1.29, 1.82) is 0 Å². The van der Waals surface area contributed by atoms with Crippen LogP contribution in [0.2, 0.25) is 0 Å². The van der Waals surface area contributed by atoms with E-state index in [2.05, 4.69) is 5.32 Å². The van der Waals surface area contributed by atoms with Crippen LogP contribution in [0.4, 0.5) is 5.69 Å². The Bertz CT molecular complexity index is 1030. The predicted octanol–water partition coefficient (Wildman–Crippen LogP) is 2.55. The van der Waals surface area contributed by atoms with E-state index >= 15 is 0 Å². The first-order chi connectivity index (χ1) is 11.9. The summed E-state index contributed by atoms with van der Waals surface area (Å²) in [6.07, 6.45) is 0. The molecule has 7 nitrogen and oxygen atoms in total. The van der Waals surface area contributed by atoms with Crippen LogP contribution < -0.4 is 11.1 Å². The van der Waals surface area contributed by atoms with Crippen molar-refractivity contribution in [2.75, 3.05) is 5.32 Å². The van der Waals surface area contributed by atoms with Crippen molar-refractivity contribution in [3.05, 3.63) is 63.6 Å². The molecule has 0 aliphatic rings. The van der Waals surface area contributed by atoms with E-state index in [1.54, 1.807) is 0 Å². The molecule has 1 amide bonds. The summed E-state index contributed by atoms with van der Waals surface area (Å²) in [5, 5.41) is 11.9. The maximum Gasteiger partial charge on any atom is 0.420 e. The number of aryl methyl sites for hydroxylation is 2. The quantitative estimate of drug-likeness (QED) is 0.760. The third-order valence-electron chi connectivity index (χ3n) is 3.96. The number of carbonyl (C=O) groups is 2. The third-order valence-corrected chi connectivity index (χ3v) is 3.96. The van der Waals surface area contributed by atoms with Crippen molar-refractivity contribution in [1.82, 2.24) is 4.57 Å². The molecule has 0 radical (unpaired) electrons. The minimum absolute atomic E-state index is 0.0113. The molecule has 0 saturated heterocycles. The molecule has 0 aliphatic heterocycles. The Balaban J connectivity index is 1.93. The van der Waals surface area contributed by atoms with E-state index < -0.39 is 17.6 Å². The molecule has 0 bridgehead atoms. The van der Waals surface area contributed by atoms with Crippen molar-refractivity contribution in [2.24, 2.45) is 0 Å². The van der Waals surface area contributed by atoms with E-state index in [0.717, 1.165) is 15.7 Å². The van der Waals surface area contributed by atoms with Crippen LogP contribution in [0.5, 0.6) is 0 Å². The first-order valence-electron chi connectivity index (χ1n) is 7.59. The molecule has 0 aliphatic carbocycles. The van der Waals surface area contributed by atoms with Crippen LogP contribution in [0.3, 0.4) is 0 Å². The van der Waals surface area contributed by atoms with Gasteiger partial charge in [-0.2, -0.15) is 0 Å². The van der Waals surface area contributed by atoms with Gasteiger partial charge in [-0.1, -0.05) is 18.2 Å². The van der Waals surface area contributed by atoms with Gasteiger partial charge in [-0.3, -0.25) is 9.36 Å². The largest absolute Gasteiger partial charge is 0.478 e. The van der Waals surface area contributed by atoms with Gasteiger partial charge in [0.05, 0.1) is 11.1 Å². The fourth-order valence-electron chi connectivity index (χ4n) is 2.68. The van der Waals surface area contributed by atoms with Gasteiger partial charge in [0, 0.05) is 5.69 Å². The average molecular weight is 340 g/mol. The topological polar surface area (TPSA) is 102 Å². The van der Waals surface area contributed by atoms with Crippen molar-refractivity contribution < 1.29 is 19.1 Å². The SMILES string of the molecule is Cc1cccc(C)c1NC(=O)Cn1c(=O)oc2ccc(C(=O)O)cc21. The molecule has 2 aromatic carbocycles. The number of amides is 1. The fraction of sp³-hybridized carbons (Fsp3) is 0.167. The number of nitrogens with one attached hydrogen (secondary N) is 1. The van der Waals surface area contributed by atoms with Gasteiger partial charge in [-0.15, -0.1) is 0 Å². The molecule has 3 aromatic rings. The highest BCUT2D eigenvalue weighted by Gasteiger charge is 2.16. The fourth-order valence-corrected chi connectivity index (χ4v) is 2.68. The summed E-state index contributed by atoms with van der Waals surface area (Å²) in [5.74, 6) is -2.24. The molecule has 25 heavy (non-hydrogen) atoms. The normalized spacial score (nSPS) is 10.8. The van der Waals surface area contributed by atoms with Gasteiger partial charge in [-0.25, -0.2) is 9.59 Å². The lowest BCUT2D eigenvalue weighted by molar-refractivity contribution is -0.116. The molecule has 0 saturated carbocycles. The van der Waals surface area contributed by atoms with Crippen LogP contribution in [0.15, 0.2) is 45.6 Å². The van der Waals surface area contributed by atoms with E-state index in [-0.39, 0.29) is 23.2 Å². The lowest BCUT2D eigenvalue weighted by atomic mass is 10.1. The molecule has 0 spiro atoms. The summed E-state index contributed by atoms with van der Waals surface area (Å²) in [5.41, 5.74) is 3.02. The summed E-state index contributed by atoms with van der Waals surface area (Å²) in [6, 6.07) is 9.70. The van der Waals surface area contributed by atoms with E-state index in [1.807, 2.05) is 32.0 Å². The van der Waals surface area contributed by atoms with Crippen LogP contribution in [0, 0.1) is 13.8 Å². The third kappa shape index (κ3) is 3.16. The van der Waals surface area contributed by atoms with Crippen LogP contribution >= 0.6 is 0 Å². The van der Waals surface area contributed by atoms with E-state index in [1.165, 1.54) is 18.2 Å². The summed E-state index contributed by atoms with van der Waals surface area (Å²) >= 11 is 0. The molecule has 3 rings (SSSR count). The van der Waals surface area contributed by atoms with Crippen LogP contribution in [0.25, 0.3) is 11.1 Å². The molecule has 2 N–H and O–H groups in total. The second kappa shape index (κ2) is 6.27. The number of benzene rings is 2. The van der Waals surface area contributed by atoms with Crippen molar-refractivity contribution in [3.63, 3.8) is 0 Å². The lowest BCUT2D eigenvalue weighted by Gasteiger charge is -2.11. The van der Waals surface area contributed by atoms with Crippen LogP contribution in [-0.2, 0) is 11.3 Å². The van der Waals surface area contributed by atoms with Gasteiger partial charge in [0.25, 0.3) is 0 Å². The summed E-state index contributed by atoms with van der Waals surface area (Å²) in [7, 11) is 0. The Kier molecular flexibility index (Phi) is 4.14. The van der Waals surface area contributed by atoms with Gasteiger partial charge in [0.15, 0.2) is 5.58 Å². The van der Waals surface area contributed by atoms with Crippen LogP contribution in [0.1, 0.15) is 21.5 Å². The average Bonchev–Trinajstić information content (AvgIpc) is 2.86. The van der Waals surface area contributed by atoms with Gasteiger partial charge >= 0.3 is 11.7 Å². The number of aromatic nitrogens is 1. The smallest absolute Gasteiger partial charge is 0.420 e. The highest BCUT2D eigenvalue weighted by Crippen LogP contribution is 2.20. The number of oxazole rings is 1. The monoisotopic (exact) mass is 340 g/mol. The standard InChI is InChI=1S/C18H16N2O5/c1-10-4-3-5-11(2)16(10)19-15(21)9-20-13-8-12(17(22)23)6-7-14(13)25-18(20)24/h3-8H,9H2,1-2H3,(H,19,21)(H,22,23). The Hall–Kier alpha value is -3.35. The Morgan fingerprint density at radius 1 is 1.16 bits per heavy atom. The van der Waals surface area contributed by atoms with Gasteiger partial charge < -0.3 is 14.8 Å². The number of fused-ring (bicyclic) bond motifs is 1. The number of carboxylic acid groups (broad SMARTS) is 1. The van der Waals surface area contributed by atoms with Gasteiger partial charge in [-0.05, 0) is 43.2 Å². The van der Waals surface area contributed by atoms with Crippen molar-refractivity contribution >= 4 is 28.7 Å². The zero-order valence-corrected chi connectivity index (χ0v) is 13.7. The Labute approximate surface area is 142 Å². The van der Waals surface area contributed by atoms with Crippen molar-refractivity contribution in [2.45, 2.75) is 20.4 Å². The molecule has 128 valence electrons. The minimum atomic E-state index is -1.12. The Morgan fingerprint density at radius 3 is 2.48 bits per heavy atom. The molecule has 0 unspecified atom stereocenters. The number of anilines is 1. The summed E-state index contributed by atoms with van der Waals surface area (Å²) in [4.78, 5) is 35.5. The zero-order chi connectivity index (χ0) is 18.1. The molecule has 0 fully saturated rings. The zero-order valence-electron chi connectivity index (χ0n) is 13.7. The first kappa shape index (κ1) is 16.5. The van der Waals surface area contributed by atoms with Gasteiger partial charge in [0.1, 0.15) is 6.54 Å². The number of hydrogen-bond donors (Lipinski definition) is 2. The molecule has 7 heteroatoms. The maximum absolute atomic E-state index is 12.4. The number of carboxylic acids is 1. The molecular weight excluding hydrogens is 324 g/mol. The highest BCUT2D eigenvalue weighted by atomic mass is 16.4. The summed E-state index contributed by atoms with van der Waals surface area (Å²) in [6.45, 7) is 3.48. The molecule has 1 aromatic heterocycles. The van der Waals surface area contributed by atoms with E-state index in [9.17, 15) is 14.4 Å². The number of nitrogens with zero attached hydrogens (tertiary/aromatic N) is 1. The molecule has 0 atom stereocenters. The second-order valence-corrected chi connectivity index (χ2v) is 5.76. The number of carbonyl (C=O) groups excluding carboxylic acids is 1. The summed E-state index contributed by atoms with van der Waals surface area (Å²) < 4.78 is 6.18. The van der Waals surface area contributed by atoms with Gasteiger partial charge in [0.2, 0.25) is 5.91 Å². The maximum atomic E-state index is 12.4. The van der Waals surface area contributed by atoms with Crippen LogP contribution in [-0.4, -0.2) is 21.6 Å².